The minimum absolute atomic E-state index is 0.0577. The molecule has 2 atom stereocenters. The largest absolute Gasteiger partial charge is 0.299 e. The number of rotatable bonds is 5. The van der Waals surface area contributed by atoms with Gasteiger partial charge in [0.2, 0.25) is 0 Å². The van der Waals surface area contributed by atoms with Crippen molar-refractivity contribution in [3.05, 3.63) is 69.2 Å². The first kappa shape index (κ1) is 20.3. The zero-order chi connectivity index (χ0) is 19.2. The lowest BCUT2D eigenvalue weighted by molar-refractivity contribution is -0.124. The van der Waals surface area contributed by atoms with Crippen molar-refractivity contribution in [1.29, 1.82) is 0 Å². The highest BCUT2D eigenvalue weighted by Crippen LogP contribution is 2.39. The van der Waals surface area contributed by atoms with Gasteiger partial charge in [-0.2, -0.15) is 0 Å². The van der Waals surface area contributed by atoms with Crippen LogP contribution in [0.2, 0.25) is 5.02 Å². The Hall–Kier alpha value is -1.45. The highest BCUT2D eigenvalue weighted by molar-refractivity contribution is 9.10. The average Bonchev–Trinajstić information content (AvgIpc) is 2.65. The number of carbonyl (C=O) groups excluding carboxylic acids is 2. The quantitative estimate of drug-likeness (QED) is 0.462. The highest BCUT2D eigenvalue weighted by Gasteiger charge is 2.32. The van der Waals surface area contributed by atoms with E-state index in [1.165, 1.54) is 0 Å². The Bertz CT molecular complexity index is 800. The fourth-order valence-electron chi connectivity index (χ4n) is 3.99. The minimum Gasteiger partial charge on any atom is -0.299 e. The number of halogens is 2. The minimum atomic E-state index is -0.102. The van der Waals surface area contributed by atoms with Crippen molar-refractivity contribution in [2.75, 3.05) is 0 Å². The monoisotopic (exact) mass is 446 g/mol. The van der Waals surface area contributed by atoms with Gasteiger partial charge in [-0.1, -0.05) is 65.0 Å². The summed E-state index contributed by atoms with van der Waals surface area (Å²) in [4.78, 5) is 25.9. The number of Topliss-reactive ketones (excluding diaryl/α,β-unsaturated/α-hetero) is 2. The maximum Gasteiger partial charge on any atom is 0.163 e. The van der Waals surface area contributed by atoms with Crippen LogP contribution in [-0.4, -0.2) is 11.6 Å². The van der Waals surface area contributed by atoms with Crippen molar-refractivity contribution < 1.29 is 9.59 Å². The van der Waals surface area contributed by atoms with Crippen LogP contribution >= 0.6 is 27.5 Å². The molecule has 1 aliphatic rings. The van der Waals surface area contributed by atoms with Crippen molar-refractivity contribution in [3.8, 4) is 0 Å². The lowest BCUT2D eigenvalue weighted by Gasteiger charge is -2.28. The van der Waals surface area contributed by atoms with Gasteiger partial charge in [0.05, 0.1) is 0 Å². The summed E-state index contributed by atoms with van der Waals surface area (Å²) < 4.78 is 0.966. The van der Waals surface area contributed by atoms with E-state index in [1.54, 1.807) is 24.3 Å². The number of hydrogen-bond acceptors (Lipinski definition) is 2. The van der Waals surface area contributed by atoms with Crippen LogP contribution in [0.1, 0.15) is 66.8 Å². The first-order valence-corrected chi connectivity index (χ1v) is 10.8. The standard InChI is InChI=1S/C23H24BrClO2/c24-21-9-6-5-7-18(21)20(19-8-3-1-2-4-10-22(19)26)15-23(27)16-11-13-17(25)14-12-16/h5-7,9,11-14,19-20H,1-4,8,10,15H2/t19-,20+/m1/s1. The zero-order valence-corrected chi connectivity index (χ0v) is 17.6. The summed E-state index contributed by atoms with van der Waals surface area (Å²) in [5.41, 5.74) is 1.70. The number of carbonyl (C=O) groups is 2. The zero-order valence-electron chi connectivity index (χ0n) is 15.3. The molecule has 0 heterocycles. The first-order valence-electron chi connectivity index (χ1n) is 9.62. The topological polar surface area (TPSA) is 34.1 Å². The molecule has 0 amide bonds. The summed E-state index contributed by atoms with van der Waals surface area (Å²) >= 11 is 9.59. The van der Waals surface area contributed by atoms with Crippen LogP contribution in [0, 0.1) is 5.92 Å². The second-order valence-corrected chi connectivity index (χ2v) is 8.58. The van der Waals surface area contributed by atoms with Crippen molar-refractivity contribution in [3.63, 3.8) is 0 Å². The van der Waals surface area contributed by atoms with Crippen LogP contribution in [-0.2, 0) is 4.79 Å². The van der Waals surface area contributed by atoms with Gasteiger partial charge in [-0.25, -0.2) is 0 Å². The van der Waals surface area contributed by atoms with E-state index >= 15 is 0 Å². The van der Waals surface area contributed by atoms with E-state index < -0.39 is 0 Å². The average molecular weight is 448 g/mol. The number of hydrogen-bond donors (Lipinski definition) is 0. The smallest absolute Gasteiger partial charge is 0.163 e. The molecule has 2 nitrogen and oxygen atoms in total. The van der Waals surface area contributed by atoms with Gasteiger partial charge in [0.15, 0.2) is 5.78 Å². The van der Waals surface area contributed by atoms with Crippen LogP contribution < -0.4 is 0 Å². The molecule has 0 aromatic heterocycles. The maximum atomic E-state index is 13.0. The van der Waals surface area contributed by atoms with Crippen LogP contribution in [0.25, 0.3) is 0 Å². The van der Waals surface area contributed by atoms with Crippen molar-refractivity contribution in [2.24, 2.45) is 5.92 Å². The van der Waals surface area contributed by atoms with Crippen LogP contribution in [0.5, 0.6) is 0 Å². The molecule has 0 unspecified atom stereocenters. The summed E-state index contributed by atoms with van der Waals surface area (Å²) in [5.74, 6) is 0.163. The summed E-state index contributed by atoms with van der Waals surface area (Å²) in [6.45, 7) is 0. The molecule has 0 spiro atoms. The molecule has 0 saturated heterocycles. The fraction of sp³-hybridized carbons (Fsp3) is 0.391. The molecule has 2 aromatic carbocycles. The molecular formula is C23H24BrClO2. The highest BCUT2D eigenvalue weighted by atomic mass is 79.9. The Morgan fingerprint density at radius 1 is 1.04 bits per heavy atom. The van der Waals surface area contributed by atoms with Gasteiger partial charge in [0.25, 0.3) is 0 Å². The van der Waals surface area contributed by atoms with E-state index in [1.807, 2.05) is 24.3 Å². The Balaban J connectivity index is 1.91. The van der Waals surface area contributed by atoms with Gasteiger partial charge in [-0.05, 0) is 48.7 Å². The van der Waals surface area contributed by atoms with E-state index in [4.69, 9.17) is 11.6 Å². The molecule has 0 bridgehead atoms. The van der Waals surface area contributed by atoms with E-state index in [-0.39, 0.29) is 17.6 Å². The van der Waals surface area contributed by atoms with Crippen molar-refractivity contribution in [2.45, 2.75) is 50.9 Å². The van der Waals surface area contributed by atoms with E-state index in [2.05, 4.69) is 15.9 Å². The molecule has 1 saturated carbocycles. The Kier molecular flexibility index (Phi) is 7.26. The third kappa shape index (κ3) is 5.30. The second kappa shape index (κ2) is 9.66. The van der Waals surface area contributed by atoms with Gasteiger partial charge in [-0.3, -0.25) is 9.59 Å². The van der Waals surface area contributed by atoms with Gasteiger partial charge in [0, 0.05) is 39.7 Å². The second-order valence-electron chi connectivity index (χ2n) is 7.29. The molecule has 0 aliphatic heterocycles. The Morgan fingerprint density at radius 3 is 2.48 bits per heavy atom. The molecule has 1 aliphatic carbocycles. The van der Waals surface area contributed by atoms with Crippen LogP contribution in [0.15, 0.2) is 53.0 Å². The molecule has 3 rings (SSSR count). The van der Waals surface area contributed by atoms with Gasteiger partial charge in [0.1, 0.15) is 5.78 Å². The third-order valence-corrected chi connectivity index (χ3v) is 6.44. The summed E-state index contributed by atoms with van der Waals surface area (Å²) in [6.07, 6.45) is 6.12. The molecule has 27 heavy (non-hydrogen) atoms. The van der Waals surface area contributed by atoms with Gasteiger partial charge in [-0.15, -0.1) is 0 Å². The first-order chi connectivity index (χ1) is 13.1. The summed E-state index contributed by atoms with van der Waals surface area (Å²) in [6, 6.07) is 15.0. The Labute approximate surface area is 174 Å². The Morgan fingerprint density at radius 2 is 1.74 bits per heavy atom. The SMILES string of the molecule is O=C(C[C@@H](c1ccccc1Br)[C@H]1CCCCCCC1=O)c1ccc(Cl)cc1. The van der Waals surface area contributed by atoms with E-state index in [0.717, 1.165) is 42.1 Å². The number of benzene rings is 2. The van der Waals surface area contributed by atoms with Crippen LogP contribution in [0.4, 0.5) is 0 Å². The van der Waals surface area contributed by atoms with E-state index in [9.17, 15) is 9.59 Å². The number of ketones is 2. The van der Waals surface area contributed by atoms with Crippen LogP contribution in [0.3, 0.4) is 0 Å². The molecule has 0 radical (unpaired) electrons. The predicted octanol–water partition coefficient (Wildman–Crippen LogP) is 7.00. The van der Waals surface area contributed by atoms with E-state index in [0.29, 0.717) is 29.2 Å². The normalized spacial score (nSPS) is 19.2. The predicted molar refractivity (Wildman–Crippen MR) is 113 cm³/mol. The lowest BCUT2D eigenvalue weighted by atomic mass is 9.75. The molecule has 1 fully saturated rings. The molecule has 2 aromatic rings. The van der Waals surface area contributed by atoms with Gasteiger partial charge >= 0.3 is 0 Å². The van der Waals surface area contributed by atoms with Crippen molar-refractivity contribution >= 4 is 39.1 Å². The summed E-state index contributed by atoms with van der Waals surface area (Å²) in [7, 11) is 0. The fourth-order valence-corrected chi connectivity index (χ4v) is 4.69. The summed E-state index contributed by atoms with van der Waals surface area (Å²) in [5, 5.41) is 0.615. The molecule has 4 heteroatoms. The maximum absolute atomic E-state index is 13.0. The molecule has 0 N–H and O–H groups in total. The lowest BCUT2D eigenvalue weighted by Crippen LogP contribution is -2.26. The van der Waals surface area contributed by atoms with Gasteiger partial charge < -0.3 is 0 Å². The molecular weight excluding hydrogens is 424 g/mol. The third-order valence-electron chi connectivity index (χ3n) is 5.46. The van der Waals surface area contributed by atoms with Crippen molar-refractivity contribution in [1.82, 2.24) is 0 Å². The molecule has 142 valence electrons.